The van der Waals surface area contributed by atoms with Crippen LogP contribution in [0.4, 0.5) is 5.69 Å². The second-order valence-corrected chi connectivity index (χ2v) is 7.82. The summed E-state index contributed by atoms with van der Waals surface area (Å²) in [5.41, 5.74) is 9.43. The van der Waals surface area contributed by atoms with Crippen LogP contribution in [0.25, 0.3) is 5.65 Å². The second-order valence-electron chi connectivity index (χ2n) is 7.82. The van der Waals surface area contributed by atoms with Gasteiger partial charge in [-0.25, -0.2) is 4.98 Å². The minimum Gasteiger partial charge on any atom is -0.487 e. The van der Waals surface area contributed by atoms with Gasteiger partial charge < -0.3 is 14.0 Å². The smallest absolute Gasteiger partial charge is 0.269 e. The maximum atomic E-state index is 12.4. The largest absolute Gasteiger partial charge is 0.487 e. The number of ether oxygens (including phenoxy) is 1. The molecule has 0 bridgehead atoms. The van der Waals surface area contributed by atoms with Crippen molar-refractivity contribution in [2.45, 2.75) is 13.5 Å². The molecule has 0 aliphatic heterocycles. The molecule has 33 heavy (non-hydrogen) atoms. The first-order valence-corrected chi connectivity index (χ1v) is 10.4. The van der Waals surface area contributed by atoms with E-state index in [2.05, 4.69) is 15.8 Å². The van der Waals surface area contributed by atoms with Crippen LogP contribution in [0.3, 0.4) is 0 Å². The van der Waals surface area contributed by atoms with Crippen LogP contribution >= 0.6 is 0 Å². The molecule has 2 aromatic carbocycles. The third kappa shape index (κ3) is 5.12. The Hall–Kier alpha value is -4.33. The number of amides is 2. The third-order valence-electron chi connectivity index (χ3n) is 5.15. The Bertz CT molecular complexity index is 1300. The Labute approximate surface area is 191 Å². The highest BCUT2D eigenvalue weighted by Crippen LogP contribution is 2.16. The summed E-state index contributed by atoms with van der Waals surface area (Å²) >= 11 is 0. The zero-order valence-electron chi connectivity index (χ0n) is 18.7. The minimum atomic E-state index is -0.422. The number of benzene rings is 2. The summed E-state index contributed by atoms with van der Waals surface area (Å²) < 4.78 is 7.77. The van der Waals surface area contributed by atoms with E-state index in [9.17, 15) is 9.59 Å². The van der Waals surface area contributed by atoms with Crippen molar-refractivity contribution in [1.29, 1.82) is 0 Å². The molecule has 0 saturated heterocycles. The molecule has 4 aromatic rings. The molecule has 0 atom stereocenters. The highest BCUT2D eigenvalue weighted by atomic mass is 16.5. The van der Waals surface area contributed by atoms with Gasteiger partial charge in [0.25, 0.3) is 11.8 Å². The van der Waals surface area contributed by atoms with Gasteiger partial charge in [-0.3, -0.25) is 20.4 Å². The number of hydrogen-bond acceptors (Lipinski definition) is 5. The molecule has 2 aromatic heterocycles. The average Bonchev–Trinajstić information content (AvgIpc) is 3.26. The number of hydrazine groups is 1. The molecule has 2 N–H and O–H groups in total. The van der Waals surface area contributed by atoms with Crippen molar-refractivity contribution in [2.24, 2.45) is 0 Å². The zero-order valence-corrected chi connectivity index (χ0v) is 18.7. The van der Waals surface area contributed by atoms with Crippen LogP contribution in [-0.2, 0) is 6.61 Å². The molecule has 2 heterocycles. The van der Waals surface area contributed by atoms with Crippen molar-refractivity contribution in [3.8, 4) is 5.75 Å². The number of nitrogens with zero attached hydrogens (tertiary/aromatic N) is 3. The summed E-state index contributed by atoms with van der Waals surface area (Å²) in [6.07, 6.45) is 3.88. The molecule has 4 rings (SSSR count). The van der Waals surface area contributed by atoms with E-state index >= 15 is 0 Å². The van der Waals surface area contributed by atoms with Gasteiger partial charge in [0.2, 0.25) is 0 Å². The molecule has 8 nitrogen and oxygen atoms in total. The number of anilines is 1. The van der Waals surface area contributed by atoms with Gasteiger partial charge in [-0.05, 0) is 61.0 Å². The molecule has 0 fully saturated rings. The normalized spacial score (nSPS) is 10.6. The number of hydrogen-bond donors (Lipinski definition) is 2. The molecule has 0 aliphatic rings. The van der Waals surface area contributed by atoms with Crippen LogP contribution in [-0.4, -0.2) is 35.3 Å². The summed E-state index contributed by atoms with van der Waals surface area (Å²) in [5.74, 6) is -0.200. The number of aryl methyl sites for hydroxylation is 1. The predicted molar refractivity (Wildman–Crippen MR) is 126 cm³/mol. The van der Waals surface area contributed by atoms with E-state index < -0.39 is 11.8 Å². The summed E-state index contributed by atoms with van der Waals surface area (Å²) in [5, 5.41) is 0. The first-order chi connectivity index (χ1) is 15.9. The van der Waals surface area contributed by atoms with E-state index in [4.69, 9.17) is 4.74 Å². The molecule has 168 valence electrons. The van der Waals surface area contributed by atoms with Crippen LogP contribution in [0, 0.1) is 6.92 Å². The Morgan fingerprint density at radius 2 is 1.70 bits per heavy atom. The molecule has 8 heteroatoms. The molecule has 0 saturated carbocycles. The number of rotatable bonds is 6. The van der Waals surface area contributed by atoms with E-state index in [0.717, 1.165) is 22.6 Å². The van der Waals surface area contributed by atoms with Crippen molar-refractivity contribution in [1.82, 2.24) is 20.2 Å². The van der Waals surface area contributed by atoms with Crippen LogP contribution < -0.4 is 20.5 Å². The molecule has 0 spiro atoms. The van der Waals surface area contributed by atoms with Crippen molar-refractivity contribution >= 4 is 23.1 Å². The number of carbonyl (C=O) groups excluding carboxylic acids is 2. The first-order valence-electron chi connectivity index (χ1n) is 10.4. The predicted octanol–water partition coefficient (Wildman–Crippen LogP) is 3.36. The Morgan fingerprint density at radius 3 is 2.39 bits per heavy atom. The maximum Gasteiger partial charge on any atom is 0.269 e. The van der Waals surface area contributed by atoms with E-state index in [0.29, 0.717) is 23.5 Å². The number of nitrogens with one attached hydrogen (secondary N) is 2. The van der Waals surface area contributed by atoms with Crippen LogP contribution in [0.15, 0.2) is 73.1 Å². The number of carbonyl (C=O) groups is 2. The number of pyridine rings is 1. The van der Waals surface area contributed by atoms with Crippen molar-refractivity contribution < 1.29 is 14.3 Å². The SMILES string of the molecule is Cc1cccn2cc(COc3ccc(C(=O)NNC(=O)c4cccc(N(C)C)c4)cc3)nc12. The van der Waals surface area contributed by atoms with Crippen LogP contribution in [0.5, 0.6) is 5.75 Å². The maximum absolute atomic E-state index is 12.4. The lowest BCUT2D eigenvalue weighted by Crippen LogP contribution is -2.41. The summed E-state index contributed by atoms with van der Waals surface area (Å²) in [6, 6.07) is 17.8. The van der Waals surface area contributed by atoms with Crippen molar-refractivity contribution in [3.63, 3.8) is 0 Å². The first kappa shape index (κ1) is 21.9. The van der Waals surface area contributed by atoms with Gasteiger partial charge in [-0.1, -0.05) is 12.1 Å². The lowest BCUT2D eigenvalue weighted by atomic mass is 10.2. The Kier molecular flexibility index (Phi) is 6.26. The highest BCUT2D eigenvalue weighted by Gasteiger charge is 2.11. The summed E-state index contributed by atoms with van der Waals surface area (Å²) in [7, 11) is 3.79. The molecule has 0 unspecified atom stereocenters. The fraction of sp³-hybridized carbons (Fsp3) is 0.160. The molecular weight excluding hydrogens is 418 g/mol. The highest BCUT2D eigenvalue weighted by molar-refractivity contribution is 5.99. The van der Waals surface area contributed by atoms with E-state index in [1.165, 1.54) is 0 Å². The number of aromatic nitrogens is 2. The van der Waals surface area contributed by atoms with Gasteiger partial charge >= 0.3 is 0 Å². The van der Waals surface area contributed by atoms with E-state index in [1.54, 1.807) is 42.5 Å². The topological polar surface area (TPSA) is 88.0 Å². The van der Waals surface area contributed by atoms with Gasteiger partial charge in [0.05, 0.1) is 5.69 Å². The molecule has 0 aliphatic carbocycles. The zero-order chi connectivity index (χ0) is 23.4. The van der Waals surface area contributed by atoms with Gasteiger partial charge in [0, 0.05) is 43.3 Å². The Balaban J connectivity index is 1.31. The average molecular weight is 444 g/mol. The van der Waals surface area contributed by atoms with E-state index in [1.807, 2.05) is 60.9 Å². The molecular formula is C25H25N5O3. The number of imidazole rings is 1. The van der Waals surface area contributed by atoms with Crippen LogP contribution in [0.2, 0.25) is 0 Å². The minimum absolute atomic E-state index is 0.314. The van der Waals surface area contributed by atoms with Gasteiger partial charge in [-0.15, -0.1) is 0 Å². The van der Waals surface area contributed by atoms with Crippen LogP contribution in [0.1, 0.15) is 32.0 Å². The fourth-order valence-electron chi connectivity index (χ4n) is 3.32. The van der Waals surface area contributed by atoms with Crippen molar-refractivity contribution in [3.05, 3.63) is 95.4 Å². The van der Waals surface area contributed by atoms with Crippen molar-refractivity contribution in [2.75, 3.05) is 19.0 Å². The quantitative estimate of drug-likeness (QED) is 0.446. The second kappa shape index (κ2) is 9.44. The Morgan fingerprint density at radius 1 is 0.970 bits per heavy atom. The summed E-state index contributed by atoms with van der Waals surface area (Å²) in [4.78, 5) is 31.2. The number of fused-ring (bicyclic) bond motifs is 1. The standard InChI is InChI=1S/C25H25N5O3/c1-17-6-5-13-30-15-20(26-23(17)30)16-33-22-11-9-18(10-12-22)24(31)27-28-25(32)19-7-4-8-21(14-19)29(2)3/h4-15H,16H2,1-3H3,(H,27,31)(H,28,32). The third-order valence-corrected chi connectivity index (χ3v) is 5.15. The molecule has 0 radical (unpaired) electrons. The van der Waals surface area contributed by atoms with E-state index in [-0.39, 0.29) is 0 Å². The van der Waals surface area contributed by atoms with Gasteiger partial charge in [-0.2, -0.15) is 0 Å². The summed E-state index contributed by atoms with van der Waals surface area (Å²) in [6.45, 7) is 2.33. The molecule has 2 amide bonds. The lowest BCUT2D eigenvalue weighted by Gasteiger charge is -2.13. The van der Waals surface area contributed by atoms with Gasteiger partial charge in [0.1, 0.15) is 18.0 Å². The lowest BCUT2D eigenvalue weighted by molar-refractivity contribution is 0.0846. The monoisotopic (exact) mass is 443 g/mol. The van der Waals surface area contributed by atoms with Gasteiger partial charge in [0.15, 0.2) is 0 Å². The fourth-order valence-corrected chi connectivity index (χ4v) is 3.32.